The summed E-state index contributed by atoms with van der Waals surface area (Å²) in [5.41, 5.74) is 0. The van der Waals surface area contributed by atoms with E-state index >= 15 is 0 Å². The van der Waals surface area contributed by atoms with Gasteiger partial charge in [0.1, 0.15) is 6.61 Å². The molecule has 0 radical (unpaired) electrons. The molecular weight excluding hydrogens is 260 g/mol. The molecule has 5 nitrogen and oxygen atoms in total. The van der Waals surface area contributed by atoms with E-state index in [1.54, 1.807) is 0 Å². The molecule has 0 bridgehead atoms. The van der Waals surface area contributed by atoms with E-state index in [9.17, 15) is 18.4 Å². The van der Waals surface area contributed by atoms with Crippen LogP contribution < -0.4 is 5.32 Å². The van der Waals surface area contributed by atoms with E-state index in [2.05, 4.69) is 10.1 Å². The van der Waals surface area contributed by atoms with E-state index in [-0.39, 0.29) is 30.9 Å². The molecule has 7 heteroatoms. The number of nitrogens with one attached hydrogen (secondary N) is 1. The highest BCUT2D eigenvalue weighted by Gasteiger charge is 2.26. The van der Waals surface area contributed by atoms with Crippen molar-refractivity contribution >= 4 is 11.9 Å². The van der Waals surface area contributed by atoms with Crippen LogP contribution in [-0.4, -0.2) is 42.7 Å². The highest BCUT2D eigenvalue weighted by Crippen LogP contribution is 2.24. The van der Waals surface area contributed by atoms with Crippen molar-refractivity contribution in [1.29, 1.82) is 0 Å². The molecule has 110 valence electrons. The molecule has 1 amide bonds. The van der Waals surface area contributed by atoms with Crippen LogP contribution in [0.15, 0.2) is 0 Å². The van der Waals surface area contributed by atoms with Crippen LogP contribution in [0.25, 0.3) is 0 Å². The van der Waals surface area contributed by atoms with Crippen molar-refractivity contribution in [3.05, 3.63) is 0 Å². The van der Waals surface area contributed by atoms with Gasteiger partial charge in [0.2, 0.25) is 5.91 Å². The Kier molecular flexibility index (Phi) is 6.69. The first-order valence-electron chi connectivity index (χ1n) is 6.37. The van der Waals surface area contributed by atoms with Gasteiger partial charge >= 0.3 is 5.97 Å². The average molecular weight is 279 g/mol. The molecule has 1 fully saturated rings. The number of amides is 1. The number of carbonyl (C=O) groups is 2. The third kappa shape index (κ3) is 6.47. The Labute approximate surface area is 110 Å². The molecule has 1 aliphatic carbocycles. The number of hydrogen-bond donors (Lipinski definition) is 2. The average Bonchev–Trinajstić information content (AvgIpc) is 2.35. The highest BCUT2D eigenvalue weighted by atomic mass is 19.3. The Morgan fingerprint density at radius 3 is 2.42 bits per heavy atom. The summed E-state index contributed by atoms with van der Waals surface area (Å²) < 4.78 is 28.1. The number of carboxylic acids is 1. The molecule has 0 saturated heterocycles. The smallest absolute Gasteiger partial charge is 0.306 e. The number of halogens is 2. The lowest BCUT2D eigenvalue weighted by Crippen LogP contribution is -2.39. The Bertz CT molecular complexity index is 304. The predicted octanol–water partition coefficient (Wildman–Crippen LogP) is 1.42. The van der Waals surface area contributed by atoms with Crippen LogP contribution in [0, 0.1) is 5.92 Å². The van der Waals surface area contributed by atoms with Crippen LogP contribution in [0.3, 0.4) is 0 Å². The summed E-state index contributed by atoms with van der Waals surface area (Å²) in [6, 6.07) is -0.0156. The molecule has 1 saturated carbocycles. The number of ether oxygens (including phenoxy) is 1. The van der Waals surface area contributed by atoms with Gasteiger partial charge in [0.25, 0.3) is 6.43 Å². The van der Waals surface area contributed by atoms with E-state index < -0.39 is 19.0 Å². The van der Waals surface area contributed by atoms with Crippen LogP contribution >= 0.6 is 0 Å². The van der Waals surface area contributed by atoms with Crippen LogP contribution in [0.4, 0.5) is 8.78 Å². The van der Waals surface area contributed by atoms with Crippen LogP contribution in [0.1, 0.15) is 32.1 Å². The number of hydrogen-bond acceptors (Lipinski definition) is 3. The van der Waals surface area contributed by atoms with Gasteiger partial charge in [-0.3, -0.25) is 9.59 Å². The zero-order chi connectivity index (χ0) is 14.3. The lowest BCUT2D eigenvalue weighted by Gasteiger charge is -2.26. The fraction of sp³-hybridized carbons (Fsp3) is 0.833. The van der Waals surface area contributed by atoms with Gasteiger partial charge in [-0.25, -0.2) is 8.78 Å². The Balaban J connectivity index is 2.11. The summed E-state index contributed by atoms with van der Waals surface area (Å²) in [5, 5.41) is 11.6. The lowest BCUT2D eigenvalue weighted by molar-refractivity contribution is -0.142. The minimum absolute atomic E-state index is 0.0156. The first-order valence-corrected chi connectivity index (χ1v) is 6.37. The second-order valence-corrected chi connectivity index (χ2v) is 4.67. The monoisotopic (exact) mass is 279 g/mol. The van der Waals surface area contributed by atoms with E-state index in [0.717, 1.165) is 0 Å². The third-order valence-corrected chi connectivity index (χ3v) is 3.16. The largest absolute Gasteiger partial charge is 0.481 e. The maximum absolute atomic E-state index is 11.8. The van der Waals surface area contributed by atoms with E-state index in [1.807, 2.05) is 0 Å². The van der Waals surface area contributed by atoms with Crippen molar-refractivity contribution in [3.63, 3.8) is 0 Å². The van der Waals surface area contributed by atoms with Gasteiger partial charge in [-0.05, 0) is 25.7 Å². The normalized spacial score (nSPS) is 23.3. The minimum Gasteiger partial charge on any atom is -0.481 e. The summed E-state index contributed by atoms with van der Waals surface area (Å²) in [6.45, 7) is -0.683. The number of alkyl halides is 2. The summed E-state index contributed by atoms with van der Waals surface area (Å²) >= 11 is 0. The second kappa shape index (κ2) is 8.04. The van der Waals surface area contributed by atoms with Gasteiger partial charge in [0.05, 0.1) is 12.5 Å². The number of carboxylic acid groups (broad SMARTS) is 1. The topological polar surface area (TPSA) is 75.6 Å². The minimum atomic E-state index is -2.52. The SMILES string of the molecule is O=C(CCOCC(F)F)NC1CCC(C(=O)O)CC1. The van der Waals surface area contributed by atoms with Crippen molar-refractivity contribution in [2.24, 2.45) is 5.92 Å². The lowest BCUT2D eigenvalue weighted by atomic mass is 9.86. The van der Waals surface area contributed by atoms with Crippen LogP contribution in [0.2, 0.25) is 0 Å². The third-order valence-electron chi connectivity index (χ3n) is 3.16. The van der Waals surface area contributed by atoms with E-state index in [4.69, 9.17) is 5.11 Å². The van der Waals surface area contributed by atoms with Gasteiger partial charge in [-0.15, -0.1) is 0 Å². The molecule has 0 unspecified atom stereocenters. The molecule has 0 aliphatic heterocycles. The zero-order valence-electron chi connectivity index (χ0n) is 10.6. The van der Waals surface area contributed by atoms with Crippen molar-refractivity contribution in [3.8, 4) is 0 Å². The second-order valence-electron chi connectivity index (χ2n) is 4.67. The zero-order valence-corrected chi connectivity index (χ0v) is 10.6. The van der Waals surface area contributed by atoms with Crippen molar-refractivity contribution in [2.45, 2.75) is 44.6 Å². The van der Waals surface area contributed by atoms with Gasteiger partial charge < -0.3 is 15.2 Å². The molecular formula is C12H19F2NO4. The molecule has 1 rings (SSSR count). The first-order chi connectivity index (χ1) is 8.99. The predicted molar refractivity (Wildman–Crippen MR) is 63.0 cm³/mol. The standard InChI is InChI=1S/C12H19F2NO4/c13-10(14)7-19-6-5-11(16)15-9-3-1-8(2-4-9)12(17)18/h8-10H,1-7H2,(H,15,16)(H,17,18). The molecule has 0 aromatic heterocycles. The molecule has 0 spiro atoms. The Morgan fingerprint density at radius 1 is 1.26 bits per heavy atom. The van der Waals surface area contributed by atoms with E-state index in [1.165, 1.54) is 0 Å². The molecule has 19 heavy (non-hydrogen) atoms. The van der Waals surface area contributed by atoms with Gasteiger partial charge in [-0.2, -0.15) is 0 Å². The number of carbonyl (C=O) groups excluding carboxylic acids is 1. The highest BCUT2D eigenvalue weighted by molar-refractivity contribution is 5.76. The Morgan fingerprint density at radius 2 is 1.89 bits per heavy atom. The van der Waals surface area contributed by atoms with Crippen LogP contribution in [-0.2, 0) is 14.3 Å². The summed E-state index contributed by atoms with van der Waals surface area (Å²) in [7, 11) is 0. The molecule has 0 heterocycles. The van der Waals surface area contributed by atoms with Crippen LogP contribution in [0.5, 0.6) is 0 Å². The van der Waals surface area contributed by atoms with E-state index in [0.29, 0.717) is 25.7 Å². The molecule has 0 atom stereocenters. The van der Waals surface area contributed by atoms with Gasteiger partial charge in [0, 0.05) is 12.5 Å². The van der Waals surface area contributed by atoms with Crippen molar-refractivity contribution in [1.82, 2.24) is 5.32 Å². The summed E-state index contributed by atoms with van der Waals surface area (Å²) in [4.78, 5) is 22.2. The molecule has 0 aromatic carbocycles. The molecule has 0 aromatic rings. The van der Waals surface area contributed by atoms with Gasteiger partial charge in [-0.1, -0.05) is 0 Å². The number of rotatable bonds is 7. The van der Waals surface area contributed by atoms with Crippen molar-refractivity contribution < 1.29 is 28.2 Å². The maximum Gasteiger partial charge on any atom is 0.306 e. The number of aliphatic carboxylic acids is 1. The fourth-order valence-corrected chi connectivity index (χ4v) is 2.12. The first kappa shape index (κ1) is 15.8. The molecule has 1 aliphatic rings. The van der Waals surface area contributed by atoms with Crippen molar-refractivity contribution in [2.75, 3.05) is 13.2 Å². The summed E-state index contributed by atoms with van der Waals surface area (Å²) in [5.74, 6) is -1.35. The quantitative estimate of drug-likeness (QED) is 0.691. The van der Waals surface area contributed by atoms with Gasteiger partial charge in [0.15, 0.2) is 0 Å². The summed E-state index contributed by atoms with van der Waals surface area (Å²) in [6.07, 6.45) is -0.0775. The maximum atomic E-state index is 11.8. The Hall–Kier alpha value is -1.24. The fourth-order valence-electron chi connectivity index (χ4n) is 2.12. The molecule has 2 N–H and O–H groups in total.